The number of hydrogen-bond acceptors (Lipinski definition) is 7. The molecule has 1 N–H and O–H groups in total. The summed E-state index contributed by atoms with van der Waals surface area (Å²) in [5.41, 5.74) is 0.517. The predicted octanol–water partition coefficient (Wildman–Crippen LogP) is 0.824. The average Bonchev–Trinajstić information content (AvgIpc) is 2.59. The summed E-state index contributed by atoms with van der Waals surface area (Å²) in [5, 5.41) is 21.4. The molecule has 0 amide bonds. The second-order valence-corrected chi connectivity index (χ2v) is 4.74. The third-order valence-corrected chi connectivity index (χ3v) is 3.14. The van der Waals surface area contributed by atoms with Crippen LogP contribution < -0.4 is 14.8 Å². The van der Waals surface area contributed by atoms with Gasteiger partial charge in [0.1, 0.15) is 25.4 Å². The molecule has 7 nitrogen and oxygen atoms in total. The first-order chi connectivity index (χ1) is 11.3. The summed E-state index contributed by atoms with van der Waals surface area (Å²) < 4.78 is 22.1. The molecule has 0 saturated carbocycles. The minimum absolute atomic E-state index is 0.258. The third kappa shape index (κ3) is 5.42. The first-order valence-electron chi connectivity index (χ1n) is 7.45. The van der Waals surface area contributed by atoms with Gasteiger partial charge in [0, 0.05) is 25.2 Å². The van der Waals surface area contributed by atoms with E-state index in [2.05, 4.69) is 5.32 Å². The average molecular weight is 317 g/mol. The van der Waals surface area contributed by atoms with Crippen LogP contribution in [0.15, 0.2) is 12.1 Å². The number of nitriles is 2. The van der Waals surface area contributed by atoms with Crippen molar-refractivity contribution in [2.24, 2.45) is 0 Å². The summed E-state index contributed by atoms with van der Waals surface area (Å²) in [4.78, 5) is 0. The number of fused-ring (bicyclic) bond motifs is 1. The lowest BCUT2D eigenvalue weighted by Gasteiger charge is -2.14. The molecule has 2 rings (SSSR count). The van der Waals surface area contributed by atoms with Gasteiger partial charge in [-0.1, -0.05) is 0 Å². The first-order valence-corrected chi connectivity index (χ1v) is 7.45. The van der Waals surface area contributed by atoms with Crippen molar-refractivity contribution in [2.45, 2.75) is 0 Å². The van der Waals surface area contributed by atoms with Gasteiger partial charge in [-0.25, -0.2) is 0 Å². The fourth-order valence-corrected chi connectivity index (χ4v) is 2.01. The monoisotopic (exact) mass is 317 g/mol. The van der Waals surface area contributed by atoms with Crippen molar-refractivity contribution in [3.8, 4) is 23.6 Å². The Bertz CT molecular complexity index is 541. The van der Waals surface area contributed by atoms with E-state index in [1.165, 1.54) is 12.1 Å². The number of benzene rings is 1. The summed E-state index contributed by atoms with van der Waals surface area (Å²) in [7, 11) is 0. The molecule has 1 aliphatic heterocycles. The smallest absolute Gasteiger partial charge is 0.162 e. The quantitative estimate of drug-likeness (QED) is 0.756. The molecular weight excluding hydrogens is 298 g/mol. The van der Waals surface area contributed by atoms with Crippen LogP contribution in [0.2, 0.25) is 0 Å². The lowest BCUT2D eigenvalue weighted by atomic mass is 10.1. The van der Waals surface area contributed by atoms with Crippen LogP contribution in [0, 0.1) is 22.7 Å². The predicted molar refractivity (Wildman–Crippen MR) is 81.4 cm³/mol. The van der Waals surface area contributed by atoms with E-state index in [0.29, 0.717) is 51.1 Å². The number of rotatable bonds is 0. The molecule has 0 spiro atoms. The molecule has 0 atom stereocenters. The number of nitrogens with one attached hydrogen (secondary N) is 1. The van der Waals surface area contributed by atoms with Crippen molar-refractivity contribution in [2.75, 3.05) is 52.7 Å². The molecular formula is C16H19N3O4. The molecule has 0 unspecified atom stereocenters. The van der Waals surface area contributed by atoms with Crippen molar-refractivity contribution in [1.29, 1.82) is 10.5 Å². The lowest BCUT2D eigenvalue weighted by molar-refractivity contribution is 0.0975. The second-order valence-electron chi connectivity index (χ2n) is 4.74. The Labute approximate surface area is 135 Å². The molecule has 0 aliphatic carbocycles. The van der Waals surface area contributed by atoms with Crippen LogP contribution in [0.1, 0.15) is 11.1 Å². The molecule has 0 bridgehead atoms. The minimum atomic E-state index is 0.258. The zero-order valence-corrected chi connectivity index (χ0v) is 12.8. The van der Waals surface area contributed by atoms with E-state index in [4.69, 9.17) is 29.5 Å². The van der Waals surface area contributed by atoms with Crippen molar-refractivity contribution < 1.29 is 18.9 Å². The Morgan fingerprint density at radius 1 is 0.739 bits per heavy atom. The van der Waals surface area contributed by atoms with Crippen molar-refractivity contribution in [3.63, 3.8) is 0 Å². The van der Waals surface area contributed by atoms with Gasteiger partial charge in [-0.2, -0.15) is 10.5 Å². The highest BCUT2D eigenvalue weighted by atomic mass is 16.6. The second kappa shape index (κ2) is 9.65. The van der Waals surface area contributed by atoms with Gasteiger partial charge in [0.05, 0.1) is 37.6 Å². The Kier molecular flexibility index (Phi) is 7.15. The van der Waals surface area contributed by atoms with Crippen LogP contribution in [-0.4, -0.2) is 52.7 Å². The highest BCUT2D eigenvalue weighted by molar-refractivity contribution is 5.56. The molecule has 0 aromatic heterocycles. The standard InChI is InChI=1S/C16H19N3O4/c17-11-13-9-15-16(10-14(13)12-18)23-8-6-21-4-2-19-1-3-20-5-7-22-15/h9-10,19H,1-8H2. The first kappa shape index (κ1) is 17.0. The van der Waals surface area contributed by atoms with E-state index >= 15 is 0 Å². The van der Waals surface area contributed by atoms with Gasteiger partial charge in [0.15, 0.2) is 11.5 Å². The highest BCUT2D eigenvalue weighted by Gasteiger charge is 2.12. The number of ether oxygens (including phenoxy) is 4. The van der Waals surface area contributed by atoms with E-state index in [0.717, 1.165) is 13.1 Å². The zero-order chi connectivity index (χ0) is 16.3. The van der Waals surface area contributed by atoms with E-state index in [1.54, 1.807) is 0 Å². The largest absolute Gasteiger partial charge is 0.487 e. The molecule has 1 aliphatic rings. The normalized spacial score (nSPS) is 17.1. The highest BCUT2D eigenvalue weighted by Crippen LogP contribution is 2.30. The van der Waals surface area contributed by atoms with Crippen LogP contribution >= 0.6 is 0 Å². The summed E-state index contributed by atoms with van der Waals surface area (Å²) >= 11 is 0. The molecule has 23 heavy (non-hydrogen) atoms. The number of nitrogens with zero attached hydrogens (tertiary/aromatic N) is 2. The van der Waals surface area contributed by atoms with Gasteiger partial charge in [0.2, 0.25) is 0 Å². The van der Waals surface area contributed by atoms with Gasteiger partial charge in [0.25, 0.3) is 0 Å². The SMILES string of the molecule is N#Cc1cc2c(cc1C#N)OCCOCCNCCOCCO2. The van der Waals surface area contributed by atoms with Crippen LogP contribution in [0.4, 0.5) is 0 Å². The summed E-state index contributed by atoms with van der Waals surface area (Å²) in [5.74, 6) is 0.856. The molecule has 0 radical (unpaired) electrons. The molecule has 1 heterocycles. The summed E-state index contributed by atoms with van der Waals surface area (Å²) in [6, 6.07) is 7.02. The molecule has 0 fully saturated rings. The van der Waals surface area contributed by atoms with E-state index < -0.39 is 0 Å². The fourth-order valence-electron chi connectivity index (χ4n) is 2.01. The van der Waals surface area contributed by atoms with E-state index in [1.807, 2.05) is 12.1 Å². The van der Waals surface area contributed by atoms with Crippen molar-refractivity contribution in [3.05, 3.63) is 23.3 Å². The molecule has 7 heteroatoms. The van der Waals surface area contributed by atoms with Gasteiger partial charge in [-0.3, -0.25) is 0 Å². The van der Waals surface area contributed by atoms with Crippen LogP contribution in [0.25, 0.3) is 0 Å². The van der Waals surface area contributed by atoms with Crippen LogP contribution in [0.5, 0.6) is 11.5 Å². The fraction of sp³-hybridized carbons (Fsp3) is 0.500. The maximum Gasteiger partial charge on any atom is 0.162 e. The molecule has 1 aromatic rings. The van der Waals surface area contributed by atoms with Gasteiger partial charge in [-0.05, 0) is 0 Å². The van der Waals surface area contributed by atoms with Gasteiger partial charge < -0.3 is 24.3 Å². The molecule has 0 saturated heterocycles. The van der Waals surface area contributed by atoms with Crippen molar-refractivity contribution in [1.82, 2.24) is 5.32 Å². The Morgan fingerprint density at radius 3 is 1.65 bits per heavy atom. The summed E-state index contributed by atoms with van der Waals surface area (Å²) in [6.07, 6.45) is 0. The Balaban J connectivity index is 2.12. The third-order valence-electron chi connectivity index (χ3n) is 3.14. The minimum Gasteiger partial charge on any atom is -0.487 e. The maximum absolute atomic E-state index is 9.11. The van der Waals surface area contributed by atoms with E-state index in [-0.39, 0.29) is 11.1 Å². The maximum atomic E-state index is 9.11. The van der Waals surface area contributed by atoms with Gasteiger partial charge >= 0.3 is 0 Å². The lowest BCUT2D eigenvalue weighted by Crippen LogP contribution is -2.25. The van der Waals surface area contributed by atoms with Crippen LogP contribution in [-0.2, 0) is 9.47 Å². The number of hydrogen-bond donors (Lipinski definition) is 1. The molecule has 1 aromatic carbocycles. The van der Waals surface area contributed by atoms with E-state index in [9.17, 15) is 0 Å². The van der Waals surface area contributed by atoms with Crippen molar-refractivity contribution >= 4 is 0 Å². The topological polar surface area (TPSA) is 96.5 Å². The Hall–Kier alpha value is -2.32. The molecule has 122 valence electrons. The Morgan fingerprint density at radius 2 is 1.22 bits per heavy atom. The van der Waals surface area contributed by atoms with Gasteiger partial charge in [-0.15, -0.1) is 0 Å². The summed E-state index contributed by atoms with van der Waals surface area (Å²) in [6.45, 7) is 4.21. The zero-order valence-electron chi connectivity index (χ0n) is 12.8. The van der Waals surface area contributed by atoms with Crippen LogP contribution in [0.3, 0.4) is 0 Å².